The van der Waals surface area contributed by atoms with E-state index in [2.05, 4.69) is 15.9 Å². The Morgan fingerprint density at radius 3 is 2.64 bits per heavy atom. The van der Waals surface area contributed by atoms with Crippen LogP contribution in [0.25, 0.3) is 11.0 Å². The number of hydrogen-bond donors (Lipinski definition) is 1. The van der Waals surface area contributed by atoms with Crippen LogP contribution in [0.4, 0.5) is 0 Å². The lowest BCUT2D eigenvalue weighted by molar-refractivity contribution is 0.101. The lowest BCUT2D eigenvalue weighted by atomic mass is 9.98. The fraction of sp³-hybridized carbons (Fsp3) is 0.167. The molecule has 0 amide bonds. The third-order valence-corrected chi connectivity index (χ3v) is 4.75. The largest absolute Gasteiger partial charge is 0.494 e. The van der Waals surface area contributed by atoms with Crippen LogP contribution in [0.2, 0.25) is 0 Å². The van der Waals surface area contributed by atoms with Crippen molar-refractivity contribution in [1.29, 1.82) is 5.26 Å². The fourth-order valence-electron chi connectivity index (χ4n) is 2.81. The van der Waals surface area contributed by atoms with Gasteiger partial charge in [0.15, 0.2) is 5.76 Å². The number of nitrogens with zero attached hydrogens (tertiary/aromatic N) is 2. The van der Waals surface area contributed by atoms with Gasteiger partial charge >= 0.3 is 0 Å². The normalized spacial score (nSPS) is 10.8. The van der Waals surface area contributed by atoms with E-state index in [4.69, 9.17) is 4.42 Å². The van der Waals surface area contributed by atoms with Crippen molar-refractivity contribution in [2.24, 2.45) is 7.05 Å². The molecule has 0 aliphatic heterocycles. The molecule has 0 aliphatic rings. The maximum absolute atomic E-state index is 13.0. The van der Waals surface area contributed by atoms with Crippen LogP contribution in [0.3, 0.4) is 0 Å². The highest BCUT2D eigenvalue weighted by molar-refractivity contribution is 9.10. The van der Waals surface area contributed by atoms with Gasteiger partial charge in [0.1, 0.15) is 17.2 Å². The van der Waals surface area contributed by atoms with Crippen LogP contribution in [0.5, 0.6) is 5.88 Å². The molecule has 6 nitrogen and oxygen atoms in total. The number of aromatic nitrogens is 1. The Morgan fingerprint density at radius 2 is 2.00 bits per heavy atom. The highest BCUT2D eigenvalue weighted by Crippen LogP contribution is 2.32. The maximum atomic E-state index is 13.0. The summed E-state index contributed by atoms with van der Waals surface area (Å²) in [6.07, 6.45) is 0. The molecule has 0 radical (unpaired) electrons. The van der Waals surface area contributed by atoms with Crippen LogP contribution >= 0.6 is 15.9 Å². The number of benzene rings is 1. The molecule has 2 aromatic heterocycles. The number of hydrogen-bond acceptors (Lipinski definition) is 5. The molecule has 2 heterocycles. The molecule has 3 aromatic rings. The number of carbonyl (C=O) groups excluding carboxylic acids is 1. The Hall–Kier alpha value is -2.85. The van der Waals surface area contributed by atoms with Gasteiger partial charge in [-0.15, -0.1) is 0 Å². The first kappa shape index (κ1) is 17.0. The Labute approximate surface area is 151 Å². The molecular formula is C18H13BrN2O4. The van der Waals surface area contributed by atoms with Crippen LogP contribution in [0.15, 0.2) is 31.9 Å². The predicted molar refractivity (Wildman–Crippen MR) is 94.9 cm³/mol. The molecule has 0 bridgehead atoms. The second-order valence-corrected chi connectivity index (χ2v) is 6.62. The van der Waals surface area contributed by atoms with E-state index >= 15 is 0 Å². The molecule has 1 aromatic carbocycles. The van der Waals surface area contributed by atoms with Gasteiger partial charge in [0, 0.05) is 22.5 Å². The molecule has 126 valence electrons. The van der Waals surface area contributed by atoms with Crippen LogP contribution < -0.4 is 5.56 Å². The molecule has 0 fully saturated rings. The summed E-state index contributed by atoms with van der Waals surface area (Å²) in [6, 6.07) is 7.15. The van der Waals surface area contributed by atoms with Crippen molar-refractivity contribution in [3.05, 3.63) is 61.0 Å². The first-order valence-corrected chi connectivity index (χ1v) is 8.13. The van der Waals surface area contributed by atoms with E-state index in [0.717, 1.165) is 14.4 Å². The highest BCUT2D eigenvalue weighted by Gasteiger charge is 2.27. The molecule has 0 saturated carbocycles. The quantitative estimate of drug-likeness (QED) is 0.665. The number of carbonyl (C=O) groups is 1. The zero-order valence-corrected chi connectivity index (χ0v) is 15.3. The van der Waals surface area contributed by atoms with E-state index in [9.17, 15) is 20.0 Å². The number of fused-ring (bicyclic) bond motifs is 1. The Bertz CT molecular complexity index is 1150. The van der Waals surface area contributed by atoms with E-state index < -0.39 is 17.2 Å². The standard InChI is InChI=1S/C18H13BrN2O4/c1-8-12(7-20)17(23)21(3)18(24)14(8)15(22)16-9(2)11-6-10(19)4-5-13(11)25-16/h4-6,24H,1-3H3. The Kier molecular flexibility index (Phi) is 4.01. The molecule has 0 unspecified atom stereocenters. The number of ketones is 1. The molecule has 0 atom stereocenters. The van der Waals surface area contributed by atoms with Crippen LogP contribution in [0.1, 0.15) is 32.8 Å². The number of furan rings is 1. The molecule has 0 aliphatic carbocycles. The molecular weight excluding hydrogens is 388 g/mol. The van der Waals surface area contributed by atoms with Gasteiger partial charge in [0.25, 0.3) is 5.56 Å². The predicted octanol–water partition coefficient (Wildman–Crippen LogP) is 3.32. The van der Waals surface area contributed by atoms with Crippen molar-refractivity contribution < 1.29 is 14.3 Å². The Morgan fingerprint density at radius 1 is 1.32 bits per heavy atom. The van der Waals surface area contributed by atoms with Crippen molar-refractivity contribution >= 4 is 32.7 Å². The maximum Gasteiger partial charge on any atom is 0.271 e. The first-order chi connectivity index (χ1) is 11.8. The molecule has 3 rings (SSSR count). The number of pyridine rings is 1. The van der Waals surface area contributed by atoms with Crippen LogP contribution in [0, 0.1) is 25.2 Å². The zero-order valence-electron chi connectivity index (χ0n) is 13.7. The number of nitriles is 1. The van der Waals surface area contributed by atoms with E-state index in [1.54, 1.807) is 25.1 Å². The third kappa shape index (κ3) is 2.46. The second kappa shape index (κ2) is 5.90. The van der Waals surface area contributed by atoms with Gasteiger partial charge in [-0.3, -0.25) is 14.2 Å². The zero-order chi connectivity index (χ0) is 18.5. The van der Waals surface area contributed by atoms with E-state index in [1.807, 2.05) is 6.07 Å². The summed E-state index contributed by atoms with van der Waals surface area (Å²) in [5.41, 5.74) is 0.340. The average Bonchev–Trinajstić information content (AvgIpc) is 2.90. The molecule has 25 heavy (non-hydrogen) atoms. The highest BCUT2D eigenvalue weighted by atomic mass is 79.9. The van der Waals surface area contributed by atoms with Gasteiger partial charge in [-0.1, -0.05) is 15.9 Å². The van der Waals surface area contributed by atoms with Crippen LogP contribution in [-0.2, 0) is 7.05 Å². The summed E-state index contributed by atoms with van der Waals surface area (Å²) in [5, 5.41) is 20.3. The minimum absolute atomic E-state index is 0.0639. The summed E-state index contributed by atoms with van der Waals surface area (Å²) in [7, 11) is 1.30. The van der Waals surface area contributed by atoms with Gasteiger partial charge in [0.05, 0.1) is 5.56 Å². The summed E-state index contributed by atoms with van der Waals surface area (Å²) in [4.78, 5) is 25.0. The van der Waals surface area contributed by atoms with Crippen LogP contribution in [-0.4, -0.2) is 15.5 Å². The van der Waals surface area contributed by atoms with Crippen molar-refractivity contribution in [1.82, 2.24) is 4.57 Å². The van der Waals surface area contributed by atoms with Crippen molar-refractivity contribution in [2.75, 3.05) is 0 Å². The van der Waals surface area contributed by atoms with Crippen molar-refractivity contribution in [3.8, 4) is 11.9 Å². The molecule has 0 saturated heterocycles. The number of aryl methyl sites for hydroxylation is 1. The Balaban J connectivity index is 2.31. The number of rotatable bonds is 2. The monoisotopic (exact) mass is 400 g/mol. The topological polar surface area (TPSA) is 96.2 Å². The van der Waals surface area contributed by atoms with Gasteiger partial charge in [-0.2, -0.15) is 5.26 Å². The van der Waals surface area contributed by atoms with Gasteiger partial charge in [-0.25, -0.2) is 0 Å². The SMILES string of the molecule is Cc1c(C(=O)c2oc3ccc(Br)cc3c2C)c(O)n(C)c(=O)c1C#N. The minimum atomic E-state index is -0.653. The summed E-state index contributed by atoms with van der Waals surface area (Å²) < 4.78 is 7.40. The smallest absolute Gasteiger partial charge is 0.271 e. The van der Waals surface area contributed by atoms with E-state index in [-0.39, 0.29) is 22.5 Å². The lowest BCUT2D eigenvalue weighted by Crippen LogP contribution is -2.24. The number of halogens is 1. The lowest BCUT2D eigenvalue weighted by Gasteiger charge is -2.11. The first-order valence-electron chi connectivity index (χ1n) is 7.34. The fourth-order valence-corrected chi connectivity index (χ4v) is 3.17. The average molecular weight is 401 g/mol. The van der Waals surface area contributed by atoms with Crippen molar-refractivity contribution in [3.63, 3.8) is 0 Å². The number of aromatic hydroxyl groups is 1. The third-order valence-electron chi connectivity index (χ3n) is 4.25. The van der Waals surface area contributed by atoms with Gasteiger partial charge in [0.2, 0.25) is 11.7 Å². The molecule has 0 spiro atoms. The summed E-state index contributed by atoms with van der Waals surface area (Å²) in [5.74, 6) is -1.01. The second-order valence-electron chi connectivity index (χ2n) is 5.70. The molecule has 7 heteroatoms. The summed E-state index contributed by atoms with van der Waals surface area (Å²) in [6.45, 7) is 3.20. The van der Waals surface area contributed by atoms with Crippen molar-refractivity contribution in [2.45, 2.75) is 13.8 Å². The van der Waals surface area contributed by atoms with Gasteiger partial charge < -0.3 is 9.52 Å². The van der Waals surface area contributed by atoms with E-state index in [0.29, 0.717) is 11.1 Å². The minimum Gasteiger partial charge on any atom is -0.494 e. The van der Waals surface area contributed by atoms with Gasteiger partial charge in [-0.05, 0) is 37.6 Å². The van der Waals surface area contributed by atoms with E-state index in [1.165, 1.54) is 14.0 Å². The molecule has 1 N–H and O–H groups in total. The summed E-state index contributed by atoms with van der Waals surface area (Å²) >= 11 is 3.38.